The predicted octanol–water partition coefficient (Wildman–Crippen LogP) is 2.45. The molecule has 0 aliphatic rings. The predicted molar refractivity (Wildman–Crippen MR) is 78.1 cm³/mol. The summed E-state index contributed by atoms with van der Waals surface area (Å²) in [4.78, 5) is 4.22. The Morgan fingerprint density at radius 3 is 2.60 bits per heavy atom. The lowest BCUT2D eigenvalue weighted by Gasteiger charge is -2.05. The van der Waals surface area contributed by atoms with Crippen LogP contribution in [-0.2, 0) is 10.0 Å². The number of nitrogens with zero attached hydrogens (tertiary/aromatic N) is 2. The van der Waals surface area contributed by atoms with Gasteiger partial charge in [-0.1, -0.05) is 22.9 Å². The normalized spacial score (nSPS) is 12.4. The Morgan fingerprint density at radius 2 is 2.00 bits per heavy atom. The van der Waals surface area contributed by atoms with Crippen molar-refractivity contribution in [3.8, 4) is 0 Å². The Morgan fingerprint density at radius 1 is 1.35 bits per heavy atom. The average molecular weight is 311 g/mol. The van der Waals surface area contributed by atoms with Gasteiger partial charge in [-0.2, -0.15) is 0 Å². The van der Waals surface area contributed by atoms with E-state index in [9.17, 15) is 8.42 Å². The molecule has 6 nitrogen and oxygen atoms in total. The fraction of sp³-hybridized carbons (Fsp3) is 0.167. The van der Waals surface area contributed by atoms with Gasteiger partial charge in [-0.3, -0.25) is 4.72 Å². The van der Waals surface area contributed by atoms with Gasteiger partial charge in [0.15, 0.2) is 5.13 Å². The van der Waals surface area contributed by atoms with Crippen LogP contribution in [0.3, 0.4) is 0 Å². The van der Waals surface area contributed by atoms with Crippen molar-refractivity contribution in [2.24, 2.45) is 5.16 Å². The molecule has 0 atom stereocenters. The first-order chi connectivity index (χ1) is 9.42. The fourth-order valence-corrected chi connectivity index (χ4v) is 3.44. The van der Waals surface area contributed by atoms with Gasteiger partial charge in [-0.15, -0.1) is 11.3 Å². The number of oxime groups is 1. The van der Waals surface area contributed by atoms with Crippen molar-refractivity contribution in [3.05, 3.63) is 40.9 Å². The van der Waals surface area contributed by atoms with E-state index in [0.717, 1.165) is 16.9 Å². The number of rotatable bonds is 4. The molecule has 1 aromatic heterocycles. The van der Waals surface area contributed by atoms with Crippen molar-refractivity contribution in [1.29, 1.82) is 0 Å². The van der Waals surface area contributed by atoms with Crippen LogP contribution >= 0.6 is 11.3 Å². The molecule has 2 N–H and O–H groups in total. The third kappa shape index (κ3) is 3.14. The van der Waals surface area contributed by atoms with Crippen molar-refractivity contribution in [2.75, 3.05) is 4.72 Å². The maximum Gasteiger partial charge on any atom is 0.263 e. The van der Waals surface area contributed by atoms with Crippen molar-refractivity contribution < 1.29 is 13.6 Å². The number of aryl methyl sites for hydroxylation is 1. The average Bonchev–Trinajstić information content (AvgIpc) is 2.86. The Kier molecular flexibility index (Phi) is 4.05. The SMILES string of the molecule is CC(=NO)c1csc(NS(=O)(=O)c2ccc(C)cc2)n1. The van der Waals surface area contributed by atoms with Crippen LogP contribution in [0.15, 0.2) is 39.7 Å². The van der Waals surface area contributed by atoms with E-state index in [4.69, 9.17) is 5.21 Å². The van der Waals surface area contributed by atoms with Crippen LogP contribution in [0.1, 0.15) is 18.2 Å². The highest BCUT2D eigenvalue weighted by molar-refractivity contribution is 7.93. The van der Waals surface area contributed by atoms with Crippen LogP contribution < -0.4 is 4.72 Å². The van der Waals surface area contributed by atoms with E-state index >= 15 is 0 Å². The highest BCUT2D eigenvalue weighted by Gasteiger charge is 2.16. The van der Waals surface area contributed by atoms with Gasteiger partial charge in [-0.05, 0) is 26.0 Å². The zero-order valence-corrected chi connectivity index (χ0v) is 12.5. The van der Waals surface area contributed by atoms with Crippen LogP contribution in [0.5, 0.6) is 0 Å². The second kappa shape index (κ2) is 5.59. The summed E-state index contributed by atoms with van der Waals surface area (Å²) in [5.74, 6) is 0. The van der Waals surface area contributed by atoms with Crippen LogP contribution in [0.2, 0.25) is 0 Å². The highest BCUT2D eigenvalue weighted by atomic mass is 32.2. The van der Waals surface area contributed by atoms with Gasteiger partial charge in [0.1, 0.15) is 11.4 Å². The van der Waals surface area contributed by atoms with Gasteiger partial charge in [-0.25, -0.2) is 13.4 Å². The molecule has 0 aliphatic carbocycles. The van der Waals surface area contributed by atoms with Gasteiger partial charge in [0.2, 0.25) is 0 Å². The molecule has 0 spiro atoms. The fourth-order valence-electron chi connectivity index (χ4n) is 1.43. The molecule has 0 saturated heterocycles. The summed E-state index contributed by atoms with van der Waals surface area (Å²) < 4.78 is 26.7. The molecule has 0 amide bonds. The lowest BCUT2D eigenvalue weighted by atomic mass is 10.2. The zero-order valence-electron chi connectivity index (χ0n) is 10.9. The van der Waals surface area contributed by atoms with E-state index in [0.29, 0.717) is 11.4 Å². The number of sulfonamides is 1. The van der Waals surface area contributed by atoms with Gasteiger partial charge >= 0.3 is 0 Å². The van der Waals surface area contributed by atoms with Gasteiger partial charge in [0.05, 0.1) is 4.90 Å². The Hall–Kier alpha value is -1.93. The summed E-state index contributed by atoms with van der Waals surface area (Å²) >= 11 is 1.12. The molecule has 2 rings (SSSR count). The number of benzene rings is 1. The Bertz CT molecular complexity index is 734. The third-order valence-corrected chi connectivity index (χ3v) is 4.82. The molecular formula is C12H13N3O3S2. The number of nitrogens with one attached hydrogen (secondary N) is 1. The monoisotopic (exact) mass is 311 g/mol. The van der Waals surface area contributed by atoms with Gasteiger partial charge < -0.3 is 5.21 Å². The van der Waals surface area contributed by atoms with E-state index in [1.165, 1.54) is 12.1 Å². The maximum absolute atomic E-state index is 12.1. The van der Waals surface area contributed by atoms with Crippen molar-refractivity contribution >= 4 is 32.2 Å². The van der Waals surface area contributed by atoms with Crippen molar-refractivity contribution in [2.45, 2.75) is 18.7 Å². The smallest absolute Gasteiger partial charge is 0.263 e. The van der Waals surface area contributed by atoms with Crippen molar-refractivity contribution in [1.82, 2.24) is 4.98 Å². The van der Waals surface area contributed by atoms with Crippen molar-refractivity contribution in [3.63, 3.8) is 0 Å². The zero-order chi connectivity index (χ0) is 14.8. The molecule has 106 valence electrons. The second-order valence-corrected chi connectivity index (χ2v) is 6.68. The minimum absolute atomic E-state index is 0.174. The molecule has 1 heterocycles. The molecule has 0 radical (unpaired) electrons. The summed E-state index contributed by atoms with van der Waals surface area (Å²) in [6.45, 7) is 3.46. The standard InChI is InChI=1S/C12H13N3O3S2/c1-8-3-5-10(6-4-8)20(17,18)15-12-13-11(7-19-12)9(2)14-16/h3-7,16H,1-2H3,(H,13,15). The van der Waals surface area contributed by atoms with E-state index in [1.54, 1.807) is 24.4 Å². The van der Waals surface area contributed by atoms with Crippen LogP contribution in [-0.4, -0.2) is 24.3 Å². The minimum Gasteiger partial charge on any atom is -0.411 e. The minimum atomic E-state index is -3.65. The molecule has 0 saturated carbocycles. The van der Waals surface area contributed by atoms with E-state index in [2.05, 4.69) is 14.9 Å². The lowest BCUT2D eigenvalue weighted by molar-refractivity contribution is 0.319. The summed E-state index contributed by atoms with van der Waals surface area (Å²) in [6.07, 6.45) is 0. The number of aromatic nitrogens is 1. The number of hydrogen-bond acceptors (Lipinski definition) is 6. The van der Waals surface area contributed by atoms with Gasteiger partial charge in [0.25, 0.3) is 10.0 Å². The van der Waals surface area contributed by atoms with Crippen LogP contribution in [0.4, 0.5) is 5.13 Å². The van der Waals surface area contributed by atoms with E-state index < -0.39 is 10.0 Å². The van der Waals surface area contributed by atoms with Crippen LogP contribution in [0.25, 0.3) is 0 Å². The molecule has 0 bridgehead atoms. The lowest BCUT2D eigenvalue weighted by Crippen LogP contribution is -2.13. The molecule has 20 heavy (non-hydrogen) atoms. The number of anilines is 1. The third-order valence-electron chi connectivity index (χ3n) is 2.58. The van der Waals surface area contributed by atoms with Crippen LogP contribution in [0, 0.1) is 6.92 Å². The molecule has 0 fully saturated rings. The molecule has 8 heteroatoms. The molecular weight excluding hydrogens is 298 g/mol. The van der Waals surface area contributed by atoms with E-state index in [1.807, 2.05) is 6.92 Å². The second-order valence-electron chi connectivity index (χ2n) is 4.14. The maximum atomic E-state index is 12.1. The largest absolute Gasteiger partial charge is 0.411 e. The first-order valence-corrected chi connectivity index (χ1v) is 8.03. The van der Waals surface area contributed by atoms with E-state index in [-0.39, 0.29) is 10.0 Å². The quantitative estimate of drug-likeness (QED) is 0.515. The topological polar surface area (TPSA) is 91.7 Å². The number of hydrogen-bond donors (Lipinski definition) is 2. The molecule has 0 unspecified atom stereocenters. The first-order valence-electron chi connectivity index (χ1n) is 5.66. The molecule has 2 aromatic rings. The first kappa shape index (κ1) is 14.5. The molecule has 1 aromatic carbocycles. The number of thiazole rings is 1. The van der Waals surface area contributed by atoms with Gasteiger partial charge in [0, 0.05) is 5.38 Å². The summed E-state index contributed by atoms with van der Waals surface area (Å²) in [5, 5.41) is 13.5. The summed E-state index contributed by atoms with van der Waals surface area (Å²) in [5.41, 5.74) is 1.73. The summed E-state index contributed by atoms with van der Waals surface area (Å²) in [7, 11) is -3.65. The highest BCUT2D eigenvalue weighted by Crippen LogP contribution is 2.20. The summed E-state index contributed by atoms with van der Waals surface area (Å²) in [6, 6.07) is 6.52. The Balaban J connectivity index is 2.24. The Labute approximate surface area is 120 Å². The molecule has 0 aliphatic heterocycles.